The van der Waals surface area contributed by atoms with Gasteiger partial charge in [-0.2, -0.15) is 0 Å². The Kier molecular flexibility index (Phi) is 3.31. The number of ether oxygens (including phenoxy) is 1. The molecule has 2 atom stereocenters. The van der Waals surface area contributed by atoms with E-state index in [1.165, 1.54) is 21.9 Å². The van der Waals surface area contributed by atoms with Crippen LogP contribution in [-0.2, 0) is 4.74 Å². The lowest BCUT2D eigenvalue weighted by molar-refractivity contribution is -0.0586. The molecule has 1 fully saturated rings. The van der Waals surface area contributed by atoms with Crippen molar-refractivity contribution in [3.63, 3.8) is 0 Å². The smallest absolute Gasteiger partial charge is 0.271 e. The molecule has 1 aliphatic rings. The maximum atomic E-state index is 12.5. The Labute approximate surface area is 119 Å². The number of nitrogens with zero attached hydrogens (tertiary/aromatic N) is 3. The molecule has 1 saturated heterocycles. The zero-order valence-corrected chi connectivity index (χ0v) is 12.1. The van der Waals surface area contributed by atoms with Crippen LogP contribution in [0.2, 0.25) is 0 Å². The number of fused-ring (bicyclic) bond motifs is 1. The lowest BCUT2D eigenvalue weighted by atomic mass is 10.2. The molecule has 1 amide bonds. The molecule has 106 valence electrons. The van der Waals surface area contributed by atoms with Crippen LogP contribution >= 0.6 is 11.3 Å². The quantitative estimate of drug-likeness (QED) is 0.787. The first-order chi connectivity index (χ1) is 9.56. The topological polar surface area (TPSA) is 63.9 Å². The minimum atomic E-state index is -0.312. The molecule has 0 spiro atoms. The summed E-state index contributed by atoms with van der Waals surface area (Å²) >= 11 is 1.37. The molecule has 3 rings (SSSR count). The second kappa shape index (κ2) is 4.99. The Bertz CT molecular complexity index is 698. The highest BCUT2D eigenvalue weighted by molar-refractivity contribution is 7.15. The third-order valence-electron chi connectivity index (χ3n) is 3.28. The van der Waals surface area contributed by atoms with E-state index in [1.807, 2.05) is 13.8 Å². The van der Waals surface area contributed by atoms with Crippen LogP contribution in [0.1, 0.15) is 24.2 Å². The summed E-state index contributed by atoms with van der Waals surface area (Å²) in [4.78, 5) is 31.2. The fourth-order valence-corrected chi connectivity index (χ4v) is 3.16. The molecule has 2 aromatic heterocycles. The second-order valence-electron chi connectivity index (χ2n) is 5.00. The molecular weight excluding hydrogens is 278 g/mol. The van der Waals surface area contributed by atoms with Gasteiger partial charge in [0.05, 0.1) is 12.2 Å². The summed E-state index contributed by atoms with van der Waals surface area (Å²) < 4.78 is 7.01. The molecule has 0 aliphatic carbocycles. The number of morpholine rings is 1. The first kappa shape index (κ1) is 13.3. The van der Waals surface area contributed by atoms with Crippen LogP contribution in [0.25, 0.3) is 4.96 Å². The highest BCUT2D eigenvalue weighted by atomic mass is 32.1. The van der Waals surface area contributed by atoms with E-state index in [1.54, 1.807) is 16.5 Å². The van der Waals surface area contributed by atoms with Crippen LogP contribution < -0.4 is 5.56 Å². The number of aromatic nitrogens is 2. The summed E-state index contributed by atoms with van der Waals surface area (Å²) in [6, 6.07) is 0. The normalized spacial score (nSPS) is 23.2. The Morgan fingerprint density at radius 1 is 1.40 bits per heavy atom. The fraction of sp³-hybridized carbons (Fsp3) is 0.462. The van der Waals surface area contributed by atoms with Crippen LogP contribution in [-0.4, -0.2) is 45.5 Å². The van der Waals surface area contributed by atoms with Crippen molar-refractivity contribution < 1.29 is 9.53 Å². The number of hydrogen-bond donors (Lipinski definition) is 0. The van der Waals surface area contributed by atoms with E-state index in [-0.39, 0.29) is 29.2 Å². The van der Waals surface area contributed by atoms with Gasteiger partial charge in [0, 0.05) is 30.9 Å². The minimum Gasteiger partial charge on any atom is -0.372 e. The SMILES string of the molecule is CC1CN(C(=O)c2cnc3sccn3c2=O)CC(C)O1. The van der Waals surface area contributed by atoms with E-state index in [2.05, 4.69) is 4.98 Å². The summed E-state index contributed by atoms with van der Waals surface area (Å²) in [5.41, 5.74) is -0.199. The summed E-state index contributed by atoms with van der Waals surface area (Å²) in [7, 11) is 0. The van der Waals surface area contributed by atoms with Crippen molar-refractivity contribution >= 4 is 22.2 Å². The van der Waals surface area contributed by atoms with E-state index in [9.17, 15) is 9.59 Å². The van der Waals surface area contributed by atoms with Crippen molar-refractivity contribution in [2.75, 3.05) is 13.1 Å². The Hall–Kier alpha value is -1.73. The number of carbonyl (C=O) groups is 1. The van der Waals surface area contributed by atoms with Gasteiger partial charge in [-0.1, -0.05) is 0 Å². The number of hydrogen-bond acceptors (Lipinski definition) is 5. The molecule has 20 heavy (non-hydrogen) atoms. The molecule has 3 heterocycles. The van der Waals surface area contributed by atoms with E-state index in [0.29, 0.717) is 18.1 Å². The van der Waals surface area contributed by atoms with Crippen molar-refractivity contribution in [1.29, 1.82) is 0 Å². The van der Waals surface area contributed by atoms with Crippen molar-refractivity contribution in [2.45, 2.75) is 26.1 Å². The van der Waals surface area contributed by atoms with Crippen molar-refractivity contribution in [3.8, 4) is 0 Å². The van der Waals surface area contributed by atoms with Gasteiger partial charge in [-0.05, 0) is 13.8 Å². The van der Waals surface area contributed by atoms with Crippen LogP contribution in [0, 0.1) is 0 Å². The maximum absolute atomic E-state index is 12.5. The molecule has 0 N–H and O–H groups in total. The lowest BCUT2D eigenvalue weighted by Crippen LogP contribution is -2.49. The largest absolute Gasteiger partial charge is 0.372 e. The summed E-state index contributed by atoms with van der Waals surface area (Å²) in [5, 5.41) is 1.77. The van der Waals surface area contributed by atoms with Crippen molar-refractivity contribution in [3.05, 3.63) is 33.7 Å². The zero-order valence-electron chi connectivity index (χ0n) is 11.3. The second-order valence-corrected chi connectivity index (χ2v) is 5.87. The van der Waals surface area contributed by atoms with Gasteiger partial charge in [-0.15, -0.1) is 11.3 Å². The molecule has 0 saturated carbocycles. The van der Waals surface area contributed by atoms with Crippen LogP contribution in [0.5, 0.6) is 0 Å². The van der Waals surface area contributed by atoms with Crippen LogP contribution in [0.15, 0.2) is 22.6 Å². The van der Waals surface area contributed by atoms with Crippen LogP contribution in [0.3, 0.4) is 0 Å². The van der Waals surface area contributed by atoms with Crippen molar-refractivity contribution in [2.24, 2.45) is 0 Å². The van der Waals surface area contributed by atoms with Gasteiger partial charge in [0.1, 0.15) is 5.56 Å². The first-order valence-corrected chi connectivity index (χ1v) is 7.34. The van der Waals surface area contributed by atoms with Gasteiger partial charge in [0.25, 0.3) is 11.5 Å². The number of rotatable bonds is 1. The zero-order chi connectivity index (χ0) is 14.3. The van der Waals surface area contributed by atoms with E-state index >= 15 is 0 Å². The molecule has 0 radical (unpaired) electrons. The predicted molar refractivity (Wildman–Crippen MR) is 75.3 cm³/mol. The van der Waals surface area contributed by atoms with Crippen molar-refractivity contribution in [1.82, 2.24) is 14.3 Å². The van der Waals surface area contributed by atoms with Gasteiger partial charge in [0.2, 0.25) is 0 Å². The Morgan fingerprint density at radius 2 is 2.10 bits per heavy atom. The van der Waals surface area contributed by atoms with Crippen LogP contribution in [0.4, 0.5) is 0 Å². The third-order valence-corrected chi connectivity index (χ3v) is 4.05. The maximum Gasteiger partial charge on any atom is 0.271 e. The van der Waals surface area contributed by atoms with E-state index in [0.717, 1.165) is 0 Å². The number of amides is 1. The molecular formula is C13H15N3O3S. The summed E-state index contributed by atoms with van der Waals surface area (Å²) in [6.45, 7) is 4.83. The Morgan fingerprint density at radius 3 is 2.80 bits per heavy atom. The average Bonchev–Trinajstić information content (AvgIpc) is 2.86. The third kappa shape index (κ3) is 2.23. The molecule has 2 unspecified atom stereocenters. The predicted octanol–water partition coefficient (Wildman–Crippen LogP) is 1.01. The van der Waals surface area contributed by atoms with Gasteiger partial charge in [0.15, 0.2) is 4.96 Å². The monoisotopic (exact) mass is 293 g/mol. The Balaban J connectivity index is 1.96. The van der Waals surface area contributed by atoms with Gasteiger partial charge < -0.3 is 9.64 Å². The van der Waals surface area contributed by atoms with Gasteiger partial charge in [-0.25, -0.2) is 4.98 Å². The fourth-order valence-electron chi connectivity index (χ4n) is 2.49. The lowest BCUT2D eigenvalue weighted by Gasteiger charge is -2.35. The molecule has 2 aromatic rings. The molecule has 1 aliphatic heterocycles. The standard InChI is InChI=1S/C13H15N3O3S/c1-8-6-15(7-9(2)19-8)11(17)10-5-14-13-16(12(10)18)3-4-20-13/h3-5,8-9H,6-7H2,1-2H3. The molecule has 0 bridgehead atoms. The minimum absolute atomic E-state index is 0.0247. The molecule has 0 aromatic carbocycles. The average molecular weight is 293 g/mol. The first-order valence-electron chi connectivity index (χ1n) is 6.46. The van der Waals surface area contributed by atoms with Gasteiger partial charge >= 0.3 is 0 Å². The molecule has 7 heteroatoms. The van der Waals surface area contributed by atoms with E-state index in [4.69, 9.17) is 4.74 Å². The number of thiazole rings is 1. The van der Waals surface area contributed by atoms with Gasteiger partial charge in [-0.3, -0.25) is 14.0 Å². The number of carbonyl (C=O) groups excluding carboxylic acids is 1. The highest BCUT2D eigenvalue weighted by Gasteiger charge is 2.28. The van der Waals surface area contributed by atoms with E-state index < -0.39 is 0 Å². The summed E-state index contributed by atoms with van der Waals surface area (Å²) in [5.74, 6) is -0.273. The molecule has 6 nitrogen and oxygen atoms in total. The summed E-state index contributed by atoms with van der Waals surface area (Å²) in [6.07, 6.45) is 2.96. The highest BCUT2D eigenvalue weighted by Crippen LogP contribution is 2.13.